The van der Waals surface area contributed by atoms with Crippen molar-refractivity contribution >= 4 is 5.91 Å². The lowest BCUT2D eigenvalue weighted by atomic mass is 10.0. The van der Waals surface area contributed by atoms with E-state index in [0.29, 0.717) is 12.2 Å². The average molecular weight is 368 g/mol. The summed E-state index contributed by atoms with van der Waals surface area (Å²) >= 11 is 0. The van der Waals surface area contributed by atoms with Gasteiger partial charge in [-0.05, 0) is 30.9 Å². The number of likely N-dealkylation sites (tertiary alicyclic amines) is 1. The Morgan fingerprint density at radius 3 is 2.59 bits per heavy atom. The average Bonchev–Trinajstić information content (AvgIpc) is 2.69. The van der Waals surface area contributed by atoms with Gasteiger partial charge in [-0.1, -0.05) is 43.7 Å². The molecule has 2 heterocycles. The molecule has 0 spiro atoms. The lowest BCUT2D eigenvalue weighted by Crippen LogP contribution is -2.44. The summed E-state index contributed by atoms with van der Waals surface area (Å²) in [5.74, 6) is -0.193. The van der Waals surface area contributed by atoms with Crippen LogP contribution in [-0.4, -0.2) is 39.7 Å². The van der Waals surface area contributed by atoms with Crippen LogP contribution >= 0.6 is 0 Å². The topological polar surface area (TPSA) is 67.2 Å². The highest BCUT2D eigenvalue weighted by molar-refractivity contribution is 5.92. The third kappa shape index (κ3) is 5.50. The predicted octanol–water partition coefficient (Wildman–Crippen LogP) is 2.44. The first-order valence-electron chi connectivity index (χ1n) is 9.81. The van der Waals surface area contributed by atoms with E-state index in [-0.39, 0.29) is 17.5 Å². The highest BCUT2D eigenvalue weighted by Crippen LogP contribution is 2.14. The van der Waals surface area contributed by atoms with E-state index in [1.807, 2.05) is 6.07 Å². The van der Waals surface area contributed by atoms with Gasteiger partial charge in [0.2, 0.25) is 0 Å². The van der Waals surface area contributed by atoms with Crippen LogP contribution in [0.1, 0.15) is 48.7 Å². The van der Waals surface area contributed by atoms with E-state index >= 15 is 0 Å². The number of nitrogens with one attached hydrogen (secondary N) is 1. The van der Waals surface area contributed by atoms with E-state index in [4.69, 9.17) is 0 Å². The molecule has 0 radical (unpaired) electrons. The summed E-state index contributed by atoms with van der Waals surface area (Å²) in [6, 6.07) is 13.6. The summed E-state index contributed by atoms with van der Waals surface area (Å²) in [6.45, 7) is 5.48. The molecule has 1 fully saturated rings. The van der Waals surface area contributed by atoms with Gasteiger partial charge >= 0.3 is 0 Å². The molecule has 1 N–H and O–H groups in total. The third-order valence-electron chi connectivity index (χ3n) is 4.99. The highest BCUT2D eigenvalue weighted by atomic mass is 16.2. The van der Waals surface area contributed by atoms with Gasteiger partial charge in [0, 0.05) is 38.3 Å². The second-order valence-corrected chi connectivity index (χ2v) is 7.14. The van der Waals surface area contributed by atoms with E-state index in [0.717, 1.165) is 45.3 Å². The summed E-state index contributed by atoms with van der Waals surface area (Å²) in [5, 5.41) is 7.31. The number of piperidine rings is 1. The minimum absolute atomic E-state index is 0.155. The molecule has 6 heteroatoms. The summed E-state index contributed by atoms with van der Waals surface area (Å²) in [6.07, 6.45) is 3.70. The van der Waals surface area contributed by atoms with Crippen molar-refractivity contribution in [3.63, 3.8) is 0 Å². The number of aromatic nitrogens is 2. The van der Waals surface area contributed by atoms with Gasteiger partial charge in [-0.25, -0.2) is 4.68 Å². The van der Waals surface area contributed by atoms with E-state index in [1.165, 1.54) is 22.4 Å². The summed E-state index contributed by atoms with van der Waals surface area (Å²) in [7, 11) is 0. The Labute approximate surface area is 160 Å². The molecule has 3 rings (SSSR count). The van der Waals surface area contributed by atoms with Crippen molar-refractivity contribution in [3.8, 4) is 0 Å². The molecular weight excluding hydrogens is 340 g/mol. The third-order valence-corrected chi connectivity index (χ3v) is 4.99. The van der Waals surface area contributed by atoms with E-state index in [2.05, 4.69) is 46.5 Å². The first-order valence-corrected chi connectivity index (χ1v) is 9.81. The standard InChI is InChI=1S/C21H28N4O2/c1-2-3-13-25-20(26)10-9-19(23-25)21(27)22-18-11-14-24(15-12-18)16-17-7-5-4-6-8-17/h4-10,18H,2-3,11-16H2,1H3,(H,22,27). The van der Waals surface area contributed by atoms with Crippen LogP contribution in [-0.2, 0) is 13.1 Å². The van der Waals surface area contributed by atoms with Gasteiger partial charge in [-0.15, -0.1) is 0 Å². The first kappa shape index (κ1) is 19.3. The maximum Gasteiger partial charge on any atom is 0.271 e. The number of unbranched alkanes of at least 4 members (excludes halogenated alkanes) is 1. The maximum absolute atomic E-state index is 12.5. The van der Waals surface area contributed by atoms with Crippen molar-refractivity contribution in [1.82, 2.24) is 20.0 Å². The molecule has 0 aliphatic carbocycles. The Morgan fingerprint density at radius 1 is 1.15 bits per heavy atom. The second-order valence-electron chi connectivity index (χ2n) is 7.14. The zero-order valence-corrected chi connectivity index (χ0v) is 15.9. The van der Waals surface area contributed by atoms with Gasteiger partial charge in [0.1, 0.15) is 5.69 Å². The number of carbonyl (C=O) groups excluding carboxylic acids is 1. The predicted molar refractivity (Wildman–Crippen MR) is 106 cm³/mol. The largest absolute Gasteiger partial charge is 0.348 e. The van der Waals surface area contributed by atoms with Crippen LogP contribution in [0.5, 0.6) is 0 Å². The van der Waals surface area contributed by atoms with Gasteiger partial charge in [-0.3, -0.25) is 14.5 Å². The van der Waals surface area contributed by atoms with Crippen molar-refractivity contribution in [2.45, 2.75) is 51.7 Å². The zero-order valence-electron chi connectivity index (χ0n) is 15.9. The van der Waals surface area contributed by atoms with E-state index in [9.17, 15) is 9.59 Å². The number of nitrogens with zero attached hydrogens (tertiary/aromatic N) is 3. The van der Waals surface area contributed by atoms with Crippen LogP contribution in [0.15, 0.2) is 47.3 Å². The molecule has 144 valence electrons. The molecule has 0 bridgehead atoms. The summed E-state index contributed by atoms with van der Waals surface area (Å²) in [4.78, 5) is 26.8. The van der Waals surface area contributed by atoms with Crippen LogP contribution in [0.4, 0.5) is 0 Å². The molecular formula is C21H28N4O2. The number of hydrogen-bond acceptors (Lipinski definition) is 4. The molecule has 1 aliphatic heterocycles. The van der Waals surface area contributed by atoms with Crippen molar-refractivity contribution in [1.29, 1.82) is 0 Å². The number of rotatable bonds is 7. The Kier molecular flexibility index (Phi) is 6.76. The highest BCUT2D eigenvalue weighted by Gasteiger charge is 2.22. The number of aryl methyl sites for hydroxylation is 1. The van der Waals surface area contributed by atoms with Crippen molar-refractivity contribution in [2.75, 3.05) is 13.1 Å². The van der Waals surface area contributed by atoms with E-state index in [1.54, 1.807) is 0 Å². The quantitative estimate of drug-likeness (QED) is 0.815. The minimum Gasteiger partial charge on any atom is -0.348 e. The van der Waals surface area contributed by atoms with Gasteiger partial charge < -0.3 is 5.32 Å². The fourth-order valence-corrected chi connectivity index (χ4v) is 3.37. The zero-order chi connectivity index (χ0) is 19.1. The molecule has 0 saturated carbocycles. The summed E-state index contributed by atoms with van der Waals surface area (Å²) in [5.41, 5.74) is 1.48. The maximum atomic E-state index is 12.5. The molecule has 2 aromatic rings. The second kappa shape index (κ2) is 9.46. The Bertz CT molecular complexity index is 795. The SMILES string of the molecule is CCCCn1nc(C(=O)NC2CCN(Cc3ccccc3)CC2)ccc1=O. The van der Waals surface area contributed by atoms with Crippen LogP contribution < -0.4 is 10.9 Å². The van der Waals surface area contributed by atoms with Crippen LogP contribution in [0.2, 0.25) is 0 Å². The Balaban J connectivity index is 1.51. The Morgan fingerprint density at radius 2 is 1.89 bits per heavy atom. The number of carbonyl (C=O) groups is 1. The normalized spacial score (nSPS) is 15.6. The number of benzene rings is 1. The molecule has 6 nitrogen and oxygen atoms in total. The summed E-state index contributed by atoms with van der Waals surface area (Å²) < 4.78 is 1.39. The molecule has 1 aromatic heterocycles. The molecule has 27 heavy (non-hydrogen) atoms. The lowest BCUT2D eigenvalue weighted by Gasteiger charge is -2.32. The minimum atomic E-state index is -0.193. The van der Waals surface area contributed by atoms with Crippen LogP contribution in [0, 0.1) is 0 Å². The van der Waals surface area contributed by atoms with Gasteiger partial charge in [0.05, 0.1) is 0 Å². The fourth-order valence-electron chi connectivity index (χ4n) is 3.37. The fraction of sp³-hybridized carbons (Fsp3) is 0.476. The van der Waals surface area contributed by atoms with Gasteiger partial charge in [0.15, 0.2) is 0 Å². The van der Waals surface area contributed by atoms with E-state index < -0.39 is 0 Å². The van der Waals surface area contributed by atoms with Crippen LogP contribution in [0.3, 0.4) is 0 Å². The smallest absolute Gasteiger partial charge is 0.271 e. The van der Waals surface area contributed by atoms with Gasteiger partial charge in [-0.2, -0.15) is 5.10 Å². The van der Waals surface area contributed by atoms with Crippen molar-refractivity contribution < 1.29 is 4.79 Å². The van der Waals surface area contributed by atoms with Crippen molar-refractivity contribution in [2.24, 2.45) is 0 Å². The molecule has 1 saturated heterocycles. The molecule has 1 aliphatic rings. The van der Waals surface area contributed by atoms with Gasteiger partial charge in [0.25, 0.3) is 11.5 Å². The van der Waals surface area contributed by atoms with Crippen LogP contribution in [0.25, 0.3) is 0 Å². The first-order chi connectivity index (χ1) is 13.2. The number of amides is 1. The molecule has 0 atom stereocenters. The Hall–Kier alpha value is -2.47. The van der Waals surface area contributed by atoms with Crippen molar-refractivity contribution in [3.05, 3.63) is 64.1 Å². The lowest BCUT2D eigenvalue weighted by molar-refractivity contribution is 0.0901. The molecule has 0 unspecified atom stereocenters. The monoisotopic (exact) mass is 368 g/mol. The molecule has 1 amide bonds. The number of hydrogen-bond donors (Lipinski definition) is 1. The molecule has 1 aromatic carbocycles.